The standard InChI is InChI=1S/C16H22N2O4/c19-8-5-14-11-16(22-17-14,12-18-6-9-21-10-7-18)13-1-3-15(20)4-2-13/h1-4,19-20H,5-12H2. The highest BCUT2D eigenvalue weighted by Gasteiger charge is 2.42. The number of phenols is 1. The van der Waals surface area contributed by atoms with Crippen LogP contribution in [0.15, 0.2) is 29.4 Å². The van der Waals surface area contributed by atoms with Crippen LogP contribution in [0.2, 0.25) is 0 Å². The molecule has 2 heterocycles. The molecule has 1 unspecified atom stereocenters. The van der Waals surface area contributed by atoms with Crippen molar-refractivity contribution in [3.8, 4) is 5.75 Å². The smallest absolute Gasteiger partial charge is 0.180 e. The van der Waals surface area contributed by atoms with Gasteiger partial charge in [-0.2, -0.15) is 0 Å². The molecule has 1 saturated heterocycles. The first-order valence-electron chi connectivity index (χ1n) is 7.66. The zero-order valence-corrected chi connectivity index (χ0v) is 12.6. The van der Waals surface area contributed by atoms with Crippen molar-refractivity contribution >= 4 is 5.71 Å². The first kappa shape index (κ1) is 15.3. The Morgan fingerprint density at radius 2 is 1.91 bits per heavy atom. The Kier molecular flexibility index (Phi) is 4.61. The maximum absolute atomic E-state index is 9.51. The van der Waals surface area contributed by atoms with E-state index in [1.807, 2.05) is 12.1 Å². The van der Waals surface area contributed by atoms with Gasteiger partial charge in [0, 0.05) is 44.6 Å². The van der Waals surface area contributed by atoms with E-state index in [9.17, 15) is 5.11 Å². The number of aliphatic hydroxyl groups excluding tert-OH is 1. The molecular weight excluding hydrogens is 284 g/mol. The van der Waals surface area contributed by atoms with Crippen LogP contribution in [0.4, 0.5) is 0 Å². The minimum Gasteiger partial charge on any atom is -0.508 e. The summed E-state index contributed by atoms with van der Waals surface area (Å²) in [7, 11) is 0. The van der Waals surface area contributed by atoms with Crippen LogP contribution in [-0.4, -0.2) is 60.3 Å². The maximum atomic E-state index is 9.51. The molecule has 0 aliphatic carbocycles. The topological polar surface area (TPSA) is 74.5 Å². The van der Waals surface area contributed by atoms with Crippen LogP contribution >= 0.6 is 0 Å². The zero-order valence-electron chi connectivity index (χ0n) is 12.6. The van der Waals surface area contributed by atoms with Crippen molar-refractivity contribution in [1.82, 2.24) is 4.90 Å². The van der Waals surface area contributed by atoms with Crippen molar-refractivity contribution in [3.05, 3.63) is 29.8 Å². The minimum absolute atomic E-state index is 0.0748. The van der Waals surface area contributed by atoms with Crippen molar-refractivity contribution in [3.63, 3.8) is 0 Å². The van der Waals surface area contributed by atoms with Crippen LogP contribution in [0.3, 0.4) is 0 Å². The normalized spacial score (nSPS) is 25.8. The van der Waals surface area contributed by atoms with E-state index in [4.69, 9.17) is 14.7 Å². The van der Waals surface area contributed by atoms with Gasteiger partial charge in [0.25, 0.3) is 0 Å². The molecule has 6 heteroatoms. The molecule has 0 aromatic heterocycles. The van der Waals surface area contributed by atoms with Gasteiger partial charge >= 0.3 is 0 Å². The number of aromatic hydroxyl groups is 1. The van der Waals surface area contributed by atoms with Crippen molar-refractivity contribution in [2.24, 2.45) is 5.16 Å². The molecule has 2 N–H and O–H groups in total. The summed E-state index contributed by atoms with van der Waals surface area (Å²) in [6, 6.07) is 7.11. The Morgan fingerprint density at radius 1 is 1.18 bits per heavy atom. The van der Waals surface area contributed by atoms with E-state index in [0.29, 0.717) is 12.8 Å². The van der Waals surface area contributed by atoms with Crippen LogP contribution in [0, 0.1) is 0 Å². The SMILES string of the molecule is OCCC1=NOC(CN2CCOCC2)(c2ccc(O)cc2)C1. The molecular formula is C16H22N2O4. The summed E-state index contributed by atoms with van der Waals surface area (Å²) in [4.78, 5) is 8.16. The summed E-state index contributed by atoms with van der Waals surface area (Å²) >= 11 is 0. The van der Waals surface area contributed by atoms with E-state index in [2.05, 4.69) is 10.1 Å². The van der Waals surface area contributed by atoms with Gasteiger partial charge in [-0.15, -0.1) is 0 Å². The van der Waals surface area contributed by atoms with E-state index in [1.165, 1.54) is 0 Å². The molecule has 1 aromatic rings. The molecule has 1 atom stereocenters. The second-order valence-corrected chi connectivity index (χ2v) is 5.83. The summed E-state index contributed by atoms with van der Waals surface area (Å²) < 4.78 is 5.40. The monoisotopic (exact) mass is 306 g/mol. The van der Waals surface area contributed by atoms with E-state index in [1.54, 1.807) is 12.1 Å². The van der Waals surface area contributed by atoms with Gasteiger partial charge in [-0.1, -0.05) is 17.3 Å². The molecule has 1 fully saturated rings. The predicted molar refractivity (Wildman–Crippen MR) is 81.9 cm³/mol. The molecule has 0 spiro atoms. The van der Waals surface area contributed by atoms with Gasteiger partial charge in [-0.25, -0.2) is 0 Å². The van der Waals surface area contributed by atoms with E-state index >= 15 is 0 Å². The summed E-state index contributed by atoms with van der Waals surface area (Å²) in [5.41, 5.74) is 1.33. The zero-order chi connectivity index (χ0) is 15.4. The maximum Gasteiger partial charge on any atom is 0.180 e. The van der Waals surface area contributed by atoms with Gasteiger partial charge in [0.15, 0.2) is 5.60 Å². The number of benzene rings is 1. The van der Waals surface area contributed by atoms with E-state index < -0.39 is 5.60 Å². The highest BCUT2D eigenvalue weighted by molar-refractivity contribution is 5.86. The molecule has 120 valence electrons. The molecule has 3 rings (SSSR count). The molecule has 6 nitrogen and oxygen atoms in total. The second kappa shape index (κ2) is 6.64. The van der Waals surface area contributed by atoms with E-state index in [-0.39, 0.29) is 12.4 Å². The number of ether oxygens (including phenoxy) is 1. The van der Waals surface area contributed by atoms with Crippen LogP contribution in [0.5, 0.6) is 5.75 Å². The van der Waals surface area contributed by atoms with Crippen molar-refractivity contribution in [2.45, 2.75) is 18.4 Å². The average Bonchev–Trinajstić information content (AvgIpc) is 2.93. The number of morpholine rings is 1. The van der Waals surface area contributed by atoms with Crippen LogP contribution in [0.1, 0.15) is 18.4 Å². The van der Waals surface area contributed by atoms with Gasteiger partial charge in [-0.05, 0) is 12.1 Å². The van der Waals surface area contributed by atoms with Gasteiger partial charge < -0.3 is 19.8 Å². The molecule has 22 heavy (non-hydrogen) atoms. The third-order valence-corrected chi connectivity index (χ3v) is 4.22. The summed E-state index contributed by atoms with van der Waals surface area (Å²) in [6.45, 7) is 4.01. The van der Waals surface area contributed by atoms with Crippen LogP contribution in [-0.2, 0) is 15.2 Å². The van der Waals surface area contributed by atoms with Crippen molar-refractivity contribution in [1.29, 1.82) is 0 Å². The minimum atomic E-state index is -0.546. The van der Waals surface area contributed by atoms with Gasteiger partial charge in [-0.3, -0.25) is 4.90 Å². The number of aliphatic hydroxyl groups is 1. The highest BCUT2D eigenvalue weighted by Crippen LogP contribution is 2.37. The third-order valence-electron chi connectivity index (χ3n) is 4.22. The average molecular weight is 306 g/mol. The van der Waals surface area contributed by atoms with Gasteiger partial charge in [0.2, 0.25) is 0 Å². The number of rotatable bonds is 5. The van der Waals surface area contributed by atoms with Crippen LogP contribution in [0.25, 0.3) is 0 Å². The first-order chi connectivity index (χ1) is 10.7. The lowest BCUT2D eigenvalue weighted by Crippen LogP contribution is -2.46. The lowest BCUT2D eigenvalue weighted by atomic mass is 9.87. The fourth-order valence-corrected chi connectivity index (χ4v) is 3.03. The van der Waals surface area contributed by atoms with E-state index in [0.717, 1.165) is 44.1 Å². The van der Waals surface area contributed by atoms with Crippen molar-refractivity contribution < 1.29 is 19.8 Å². The highest BCUT2D eigenvalue weighted by atomic mass is 16.7. The fourth-order valence-electron chi connectivity index (χ4n) is 3.03. The summed E-state index contributed by atoms with van der Waals surface area (Å²) in [5, 5.41) is 22.8. The molecule has 2 aliphatic heterocycles. The quantitative estimate of drug-likeness (QED) is 0.851. The lowest BCUT2D eigenvalue weighted by molar-refractivity contribution is -0.0661. The first-order valence-corrected chi connectivity index (χ1v) is 7.66. The molecule has 2 aliphatic rings. The second-order valence-electron chi connectivity index (χ2n) is 5.83. The fraction of sp³-hybridized carbons (Fsp3) is 0.562. The van der Waals surface area contributed by atoms with Crippen LogP contribution < -0.4 is 0 Å². The van der Waals surface area contributed by atoms with Gasteiger partial charge in [0.05, 0.1) is 18.9 Å². The molecule has 0 saturated carbocycles. The Hall–Kier alpha value is -1.63. The lowest BCUT2D eigenvalue weighted by Gasteiger charge is -2.35. The number of hydrogen-bond donors (Lipinski definition) is 2. The van der Waals surface area contributed by atoms with Gasteiger partial charge in [0.1, 0.15) is 5.75 Å². The largest absolute Gasteiger partial charge is 0.508 e. The number of hydrogen-bond acceptors (Lipinski definition) is 6. The Labute approximate surface area is 129 Å². The summed E-state index contributed by atoms with van der Waals surface area (Å²) in [5.74, 6) is 0.236. The Bertz CT molecular complexity index is 525. The molecule has 1 aromatic carbocycles. The Balaban J connectivity index is 1.81. The predicted octanol–water partition coefficient (Wildman–Crippen LogP) is 1.08. The summed E-state index contributed by atoms with van der Waals surface area (Å²) in [6.07, 6.45) is 1.19. The molecule has 0 amide bonds. The molecule has 0 bridgehead atoms. The number of nitrogens with zero attached hydrogens (tertiary/aromatic N) is 2. The molecule has 0 radical (unpaired) electrons. The number of oxime groups is 1. The Morgan fingerprint density at radius 3 is 2.59 bits per heavy atom. The number of phenolic OH excluding ortho intramolecular Hbond substituents is 1. The van der Waals surface area contributed by atoms with Crippen molar-refractivity contribution in [2.75, 3.05) is 39.5 Å². The third kappa shape index (κ3) is 3.24.